The normalized spacial score (nSPS) is 18.1. The molecule has 0 aliphatic carbocycles. The van der Waals surface area contributed by atoms with E-state index in [-0.39, 0.29) is 37.8 Å². The molecule has 6 nitrogen and oxygen atoms in total. The van der Waals surface area contributed by atoms with Crippen molar-refractivity contribution in [3.8, 4) is 0 Å². The predicted octanol–water partition coefficient (Wildman–Crippen LogP) is 0.125. The number of nitrogens with one attached hydrogen (secondary N) is 1. The monoisotopic (exact) mass is 263 g/mol. The lowest BCUT2D eigenvalue weighted by atomic mass is 10.3. The standard InChI is InChI=1S/C9H12F3N5O/c10-9(11,12)6-16-1-3-17(4-2-16)8(18)7-5-13-15-14-7/h5H,1-4,6H2,(H,13,14,15). The van der Waals surface area contributed by atoms with Gasteiger partial charge in [-0.05, 0) is 0 Å². The number of carbonyl (C=O) groups is 1. The van der Waals surface area contributed by atoms with Crippen LogP contribution in [0.15, 0.2) is 6.20 Å². The first-order valence-electron chi connectivity index (χ1n) is 5.40. The van der Waals surface area contributed by atoms with Crippen molar-refractivity contribution in [2.75, 3.05) is 32.7 Å². The average Bonchev–Trinajstić information content (AvgIpc) is 2.80. The van der Waals surface area contributed by atoms with Crippen molar-refractivity contribution in [2.24, 2.45) is 0 Å². The number of H-pyrrole nitrogens is 1. The van der Waals surface area contributed by atoms with Gasteiger partial charge in [-0.2, -0.15) is 28.6 Å². The van der Waals surface area contributed by atoms with Gasteiger partial charge in [0.15, 0.2) is 5.69 Å². The molecule has 1 fully saturated rings. The third-order valence-corrected chi connectivity index (χ3v) is 2.70. The Kier molecular flexibility index (Phi) is 3.50. The predicted molar refractivity (Wildman–Crippen MR) is 54.8 cm³/mol. The first kappa shape index (κ1) is 12.8. The number of rotatable bonds is 2. The molecule has 1 amide bonds. The lowest BCUT2D eigenvalue weighted by Crippen LogP contribution is -2.51. The largest absolute Gasteiger partial charge is 0.401 e. The first-order valence-corrected chi connectivity index (χ1v) is 5.40. The molecule has 0 unspecified atom stereocenters. The van der Waals surface area contributed by atoms with Crippen LogP contribution in [0.2, 0.25) is 0 Å². The first-order chi connectivity index (χ1) is 8.46. The van der Waals surface area contributed by atoms with Gasteiger partial charge in [-0.3, -0.25) is 9.69 Å². The summed E-state index contributed by atoms with van der Waals surface area (Å²) in [6.07, 6.45) is -2.90. The van der Waals surface area contributed by atoms with E-state index in [1.165, 1.54) is 16.0 Å². The van der Waals surface area contributed by atoms with E-state index >= 15 is 0 Å². The molecule has 1 aliphatic rings. The van der Waals surface area contributed by atoms with Crippen LogP contribution in [0, 0.1) is 0 Å². The number of piperazine rings is 1. The molecule has 1 N–H and O–H groups in total. The fourth-order valence-electron chi connectivity index (χ4n) is 1.83. The van der Waals surface area contributed by atoms with Crippen LogP contribution < -0.4 is 0 Å². The number of nitrogens with zero attached hydrogens (tertiary/aromatic N) is 4. The molecule has 0 saturated carbocycles. The van der Waals surface area contributed by atoms with Gasteiger partial charge in [0, 0.05) is 26.2 Å². The van der Waals surface area contributed by atoms with Gasteiger partial charge in [-0.1, -0.05) is 0 Å². The quantitative estimate of drug-likeness (QED) is 0.823. The second-order valence-electron chi connectivity index (χ2n) is 4.04. The Morgan fingerprint density at radius 1 is 1.33 bits per heavy atom. The Labute approximate surface area is 101 Å². The van der Waals surface area contributed by atoms with Crippen molar-refractivity contribution < 1.29 is 18.0 Å². The minimum Gasteiger partial charge on any atom is -0.335 e. The van der Waals surface area contributed by atoms with Crippen LogP contribution in [0.25, 0.3) is 0 Å². The Hall–Kier alpha value is -1.64. The number of carbonyl (C=O) groups excluding carboxylic acids is 1. The van der Waals surface area contributed by atoms with E-state index in [1.54, 1.807) is 0 Å². The summed E-state index contributed by atoms with van der Waals surface area (Å²) in [5, 5.41) is 9.49. The Morgan fingerprint density at radius 2 is 2.00 bits per heavy atom. The van der Waals surface area contributed by atoms with Crippen LogP contribution in [0.3, 0.4) is 0 Å². The zero-order valence-corrected chi connectivity index (χ0v) is 9.44. The molecular formula is C9H12F3N5O. The molecule has 18 heavy (non-hydrogen) atoms. The molecule has 1 aliphatic heterocycles. The van der Waals surface area contributed by atoms with Crippen molar-refractivity contribution in [3.05, 3.63) is 11.9 Å². The summed E-state index contributed by atoms with van der Waals surface area (Å²) in [4.78, 5) is 14.6. The third kappa shape index (κ3) is 3.19. The summed E-state index contributed by atoms with van der Waals surface area (Å²) in [5.74, 6) is -0.310. The molecule has 0 spiro atoms. The summed E-state index contributed by atoms with van der Waals surface area (Å²) in [7, 11) is 0. The number of alkyl halides is 3. The van der Waals surface area contributed by atoms with Crippen molar-refractivity contribution >= 4 is 5.91 Å². The summed E-state index contributed by atoms with van der Waals surface area (Å²) in [5.41, 5.74) is 0.180. The van der Waals surface area contributed by atoms with Gasteiger partial charge >= 0.3 is 6.18 Å². The number of aromatic nitrogens is 3. The third-order valence-electron chi connectivity index (χ3n) is 2.70. The number of halogens is 3. The van der Waals surface area contributed by atoms with Crippen LogP contribution in [0.4, 0.5) is 13.2 Å². The van der Waals surface area contributed by atoms with E-state index in [9.17, 15) is 18.0 Å². The van der Waals surface area contributed by atoms with Gasteiger partial charge in [0.1, 0.15) is 0 Å². The molecule has 2 heterocycles. The number of hydrogen-bond acceptors (Lipinski definition) is 4. The maximum atomic E-state index is 12.2. The molecule has 2 rings (SSSR count). The highest BCUT2D eigenvalue weighted by Crippen LogP contribution is 2.17. The van der Waals surface area contributed by atoms with Gasteiger partial charge in [0.25, 0.3) is 5.91 Å². The van der Waals surface area contributed by atoms with E-state index in [0.717, 1.165) is 0 Å². The molecule has 9 heteroatoms. The van der Waals surface area contributed by atoms with Crippen LogP contribution in [0.5, 0.6) is 0 Å². The van der Waals surface area contributed by atoms with Crippen LogP contribution in [0.1, 0.15) is 10.5 Å². The molecule has 0 aromatic carbocycles. The van der Waals surface area contributed by atoms with E-state index in [4.69, 9.17) is 0 Å². The second-order valence-corrected chi connectivity index (χ2v) is 4.04. The zero-order chi connectivity index (χ0) is 13.2. The van der Waals surface area contributed by atoms with Gasteiger partial charge in [-0.15, -0.1) is 0 Å². The number of amides is 1. The van der Waals surface area contributed by atoms with Crippen molar-refractivity contribution in [1.29, 1.82) is 0 Å². The zero-order valence-electron chi connectivity index (χ0n) is 9.44. The van der Waals surface area contributed by atoms with Crippen LogP contribution >= 0.6 is 0 Å². The highest BCUT2D eigenvalue weighted by atomic mass is 19.4. The average molecular weight is 263 g/mol. The lowest BCUT2D eigenvalue weighted by Gasteiger charge is -2.34. The fraction of sp³-hybridized carbons (Fsp3) is 0.667. The van der Waals surface area contributed by atoms with Crippen molar-refractivity contribution in [1.82, 2.24) is 25.2 Å². The minimum absolute atomic E-state index is 0.180. The molecule has 100 valence electrons. The molecule has 1 aromatic heterocycles. The maximum absolute atomic E-state index is 12.2. The summed E-state index contributed by atoms with van der Waals surface area (Å²) < 4.78 is 36.5. The Balaban J connectivity index is 1.85. The lowest BCUT2D eigenvalue weighted by molar-refractivity contribution is -0.148. The second kappa shape index (κ2) is 4.92. The maximum Gasteiger partial charge on any atom is 0.401 e. The Morgan fingerprint density at radius 3 is 2.50 bits per heavy atom. The summed E-state index contributed by atoms with van der Waals surface area (Å²) >= 11 is 0. The van der Waals surface area contributed by atoms with Crippen LogP contribution in [-0.4, -0.2) is 70.0 Å². The fourth-order valence-corrected chi connectivity index (χ4v) is 1.83. The molecule has 0 radical (unpaired) electrons. The van der Waals surface area contributed by atoms with Gasteiger partial charge in [0.2, 0.25) is 0 Å². The number of aromatic amines is 1. The summed E-state index contributed by atoms with van der Waals surface area (Å²) in [6.45, 7) is 0.0226. The molecule has 0 atom stereocenters. The van der Waals surface area contributed by atoms with E-state index in [2.05, 4.69) is 15.4 Å². The van der Waals surface area contributed by atoms with E-state index in [1.807, 2.05) is 0 Å². The molecule has 1 aromatic rings. The van der Waals surface area contributed by atoms with Crippen molar-refractivity contribution in [3.63, 3.8) is 0 Å². The van der Waals surface area contributed by atoms with Gasteiger partial charge in [-0.25, -0.2) is 0 Å². The van der Waals surface area contributed by atoms with Crippen LogP contribution in [-0.2, 0) is 0 Å². The van der Waals surface area contributed by atoms with E-state index < -0.39 is 12.7 Å². The number of hydrogen-bond donors (Lipinski definition) is 1. The summed E-state index contributed by atoms with van der Waals surface area (Å²) in [6, 6.07) is 0. The van der Waals surface area contributed by atoms with Gasteiger partial charge in [0.05, 0.1) is 12.7 Å². The van der Waals surface area contributed by atoms with Gasteiger partial charge < -0.3 is 4.90 Å². The molecule has 1 saturated heterocycles. The highest BCUT2D eigenvalue weighted by molar-refractivity contribution is 5.91. The smallest absolute Gasteiger partial charge is 0.335 e. The highest BCUT2D eigenvalue weighted by Gasteiger charge is 2.33. The molecular weight excluding hydrogens is 251 g/mol. The topological polar surface area (TPSA) is 65.1 Å². The Bertz CT molecular complexity index is 397. The SMILES string of the molecule is O=C(c1cn[nH]n1)N1CCN(CC(F)(F)F)CC1. The molecule has 0 bridgehead atoms. The van der Waals surface area contributed by atoms with Crippen molar-refractivity contribution in [2.45, 2.75) is 6.18 Å². The van der Waals surface area contributed by atoms with E-state index in [0.29, 0.717) is 0 Å². The minimum atomic E-state index is -4.20.